The van der Waals surface area contributed by atoms with E-state index in [-0.39, 0.29) is 5.54 Å². The van der Waals surface area contributed by atoms with Crippen LogP contribution in [0.4, 0.5) is 0 Å². The monoisotopic (exact) mass is 239 g/mol. The second-order valence-corrected chi connectivity index (χ2v) is 5.87. The molecule has 0 aromatic carbocycles. The SMILES string of the molecule is CC(C)(NCCCNC1CC1)c1nccs1. The predicted octanol–water partition coefficient (Wildman–Crippen LogP) is 2.11. The van der Waals surface area contributed by atoms with Gasteiger partial charge in [-0.15, -0.1) is 11.3 Å². The molecular formula is C12H21N3S. The molecule has 0 aliphatic heterocycles. The molecule has 0 atom stereocenters. The van der Waals surface area contributed by atoms with E-state index < -0.39 is 0 Å². The Labute approximate surface area is 102 Å². The van der Waals surface area contributed by atoms with Crippen LogP contribution in [0.2, 0.25) is 0 Å². The Kier molecular flexibility index (Phi) is 3.95. The number of hydrogen-bond donors (Lipinski definition) is 2. The lowest BCUT2D eigenvalue weighted by molar-refractivity contribution is 0.395. The van der Waals surface area contributed by atoms with E-state index in [4.69, 9.17) is 0 Å². The second-order valence-electron chi connectivity index (χ2n) is 4.97. The van der Waals surface area contributed by atoms with Gasteiger partial charge in [0.05, 0.1) is 5.54 Å². The Balaban J connectivity index is 1.63. The molecule has 1 fully saturated rings. The molecule has 3 nitrogen and oxygen atoms in total. The van der Waals surface area contributed by atoms with E-state index in [1.807, 2.05) is 11.6 Å². The summed E-state index contributed by atoms with van der Waals surface area (Å²) in [6, 6.07) is 0.826. The highest BCUT2D eigenvalue weighted by Gasteiger charge is 2.22. The average Bonchev–Trinajstić information content (AvgIpc) is 2.89. The molecule has 16 heavy (non-hydrogen) atoms. The molecule has 1 aliphatic rings. The van der Waals surface area contributed by atoms with Crippen LogP contribution in [0.3, 0.4) is 0 Å². The van der Waals surface area contributed by atoms with Crippen LogP contribution in [0.25, 0.3) is 0 Å². The molecule has 2 rings (SSSR count). The van der Waals surface area contributed by atoms with Crippen molar-refractivity contribution in [3.63, 3.8) is 0 Å². The standard InChI is InChI=1S/C12H21N3S/c1-12(2,11-14-8-9-16-11)15-7-3-6-13-10-4-5-10/h8-10,13,15H,3-7H2,1-2H3. The lowest BCUT2D eigenvalue weighted by Crippen LogP contribution is -2.38. The smallest absolute Gasteiger partial charge is 0.112 e. The van der Waals surface area contributed by atoms with Gasteiger partial charge in [-0.25, -0.2) is 4.98 Å². The van der Waals surface area contributed by atoms with E-state index in [0.29, 0.717) is 0 Å². The predicted molar refractivity (Wildman–Crippen MR) is 68.8 cm³/mol. The van der Waals surface area contributed by atoms with Crippen molar-refractivity contribution in [1.82, 2.24) is 15.6 Å². The molecule has 1 saturated carbocycles. The summed E-state index contributed by atoms with van der Waals surface area (Å²) in [4.78, 5) is 4.37. The maximum absolute atomic E-state index is 4.37. The van der Waals surface area contributed by atoms with Gasteiger partial charge in [-0.2, -0.15) is 0 Å². The van der Waals surface area contributed by atoms with Crippen molar-refractivity contribution in [3.05, 3.63) is 16.6 Å². The minimum atomic E-state index is 0.00769. The zero-order valence-electron chi connectivity index (χ0n) is 10.1. The Morgan fingerprint density at radius 3 is 2.88 bits per heavy atom. The summed E-state index contributed by atoms with van der Waals surface area (Å²) >= 11 is 1.72. The average molecular weight is 239 g/mol. The fraction of sp³-hybridized carbons (Fsp3) is 0.750. The normalized spacial score (nSPS) is 16.6. The first-order valence-corrected chi connectivity index (χ1v) is 6.95. The highest BCUT2D eigenvalue weighted by molar-refractivity contribution is 7.09. The van der Waals surface area contributed by atoms with Crippen LogP contribution in [-0.4, -0.2) is 24.1 Å². The van der Waals surface area contributed by atoms with Gasteiger partial charge in [0.1, 0.15) is 5.01 Å². The summed E-state index contributed by atoms with van der Waals surface area (Å²) in [5.74, 6) is 0. The zero-order valence-corrected chi connectivity index (χ0v) is 10.9. The number of rotatable bonds is 7. The molecule has 0 bridgehead atoms. The zero-order chi connectivity index (χ0) is 11.4. The lowest BCUT2D eigenvalue weighted by atomic mass is 10.1. The molecule has 0 radical (unpaired) electrons. The minimum Gasteiger partial charge on any atom is -0.314 e. The van der Waals surface area contributed by atoms with Gasteiger partial charge < -0.3 is 10.6 Å². The van der Waals surface area contributed by atoms with E-state index in [9.17, 15) is 0 Å². The van der Waals surface area contributed by atoms with Gasteiger partial charge in [0.15, 0.2) is 0 Å². The first kappa shape index (κ1) is 12.0. The molecule has 0 amide bonds. The second kappa shape index (κ2) is 5.25. The van der Waals surface area contributed by atoms with Gasteiger partial charge in [0.25, 0.3) is 0 Å². The summed E-state index contributed by atoms with van der Waals surface area (Å²) in [7, 11) is 0. The fourth-order valence-corrected chi connectivity index (χ4v) is 2.43. The van der Waals surface area contributed by atoms with Crippen molar-refractivity contribution in [2.75, 3.05) is 13.1 Å². The Bertz CT molecular complexity index is 304. The summed E-state index contributed by atoms with van der Waals surface area (Å²) in [5, 5.41) is 10.3. The summed E-state index contributed by atoms with van der Waals surface area (Å²) in [6.45, 7) is 6.57. The Morgan fingerprint density at radius 1 is 1.44 bits per heavy atom. The molecular weight excluding hydrogens is 218 g/mol. The van der Waals surface area contributed by atoms with E-state index in [1.165, 1.54) is 24.3 Å². The third kappa shape index (κ3) is 3.54. The van der Waals surface area contributed by atoms with Gasteiger partial charge in [0.2, 0.25) is 0 Å². The van der Waals surface area contributed by atoms with E-state index in [0.717, 1.165) is 19.1 Å². The van der Waals surface area contributed by atoms with Gasteiger partial charge >= 0.3 is 0 Å². The van der Waals surface area contributed by atoms with E-state index in [1.54, 1.807) is 11.3 Å². The van der Waals surface area contributed by atoms with Crippen molar-refractivity contribution in [2.45, 2.75) is 44.7 Å². The van der Waals surface area contributed by atoms with Gasteiger partial charge in [-0.1, -0.05) is 0 Å². The first-order valence-electron chi connectivity index (χ1n) is 6.07. The quantitative estimate of drug-likeness (QED) is 0.716. The van der Waals surface area contributed by atoms with Crippen LogP contribution >= 0.6 is 11.3 Å². The molecule has 2 N–H and O–H groups in total. The molecule has 0 spiro atoms. The van der Waals surface area contributed by atoms with Crippen LogP contribution in [-0.2, 0) is 5.54 Å². The fourth-order valence-electron chi connectivity index (χ4n) is 1.69. The molecule has 1 heterocycles. The maximum Gasteiger partial charge on any atom is 0.112 e. The number of nitrogens with zero attached hydrogens (tertiary/aromatic N) is 1. The third-order valence-corrected chi connectivity index (χ3v) is 3.99. The van der Waals surface area contributed by atoms with Crippen molar-refractivity contribution >= 4 is 11.3 Å². The van der Waals surface area contributed by atoms with Crippen LogP contribution < -0.4 is 10.6 Å². The third-order valence-electron chi connectivity index (χ3n) is 2.90. The van der Waals surface area contributed by atoms with E-state index in [2.05, 4.69) is 29.5 Å². The molecule has 4 heteroatoms. The molecule has 1 aromatic heterocycles. The van der Waals surface area contributed by atoms with Crippen LogP contribution in [0, 0.1) is 0 Å². The molecule has 0 saturated heterocycles. The highest BCUT2D eigenvalue weighted by Crippen LogP contribution is 2.21. The van der Waals surface area contributed by atoms with Crippen LogP contribution in [0.5, 0.6) is 0 Å². The van der Waals surface area contributed by atoms with Crippen LogP contribution in [0.1, 0.15) is 38.1 Å². The summed E-state index contributed by atoms with van der Waals surface area (Å²) in [6.07, 6.45) is 5.81. The number of nitrogens with one attached hydrogen (secondary N) is 2. The van der Waals surface area contributed by atoms with Crippen LogP contribution in [0.15, 0.2) is 11.6 Å². The number of thiazole rings is 1. The molecule has 90 valence electrons. The topological polar surface area (TPSA) is 37.0 Å². The summed E-state index contributed by atoms with van der Waals surface area (Å²) in [5.41, 5.74) is 0.00769. The van der Waals surface area contributed by atoms with Gasteiger partial charge in [0, 0.05) is 17.6 Å². The largest absolute Gasteiger partial charge is 0.314 e. The maximum atomic E-state index is 4.37. The lowest BCUT2D eigenvalue weighted by Gasteiger charge is -2.23. The summed E-state index contributed by atoms with van der Waals surface area (Å²) < 4.78 is 0. The highest BCUT2D eigenvalue weighted by atomic mass is 32.1. The Hall–Kier alpha value is -0.450. The van der Waals surface area contributed by atoms with Crippen molar-refractivity contribution in [3.8, 4) is 0 Å². The van der Waals surface area contributed by atoms with Gasteiger partial charge in [-0.3, -0.25) is 0 Å². The van der Waals surface area contributed by atoms with Crippen molar-refractivity contribution in [2.24, 2.45) is 0 Å². The van der Waals surface area contributed by atoms with Crippen molar-refractivity contribution < 1.29 is 0 Å². The molecule has 1 aromatic rings. The minimum absolute atomic E-state index is 0.00769. The van der Waals surface area contributed by atoms with Crippen molar-refractivity contribution in [1.29, 1.82) is 0 Å². The number of hydrogen-bond acceptors (Lipinski definition) is 4. The molecule has 0 unspecified atom stereocenters. The van der Waals surface area contributed by atoms with Gasteiger partial charge in [-0.05, 0) is 46.2 Å². The number of aromatic nitrogens is 1. The Morgan fingerprint density at radius 2 is 2.25 bits per heavy atom. The van der Waals surface area contributed by atoms with E-state index >= 15 is 0 Å². The first-order chi connectivity index (χ1) is 7.68. The molecule has 1 aliphatic carbocycles.